The van der Waals surface area contributed by atoms with Gasteiger partial charge in [-0.3, -0.25) is 4.79 Å². The molecular weight excluding hydrogens is 244 g/mol. The largest absolute Gasteiger partial charge is 0.328 e. The van der Waals surface area contributed by atoms with Crippen molar-refractivity contribution >= 4 is 23.4 Å². The average Bonchev–Trinajstić information content (AvgIpc) is 2.70. The molecule has 0 saturated heterocycles. The van der Waals surface area contributed by atoms with E-state index in [9.17, 15) is 4.79 Å². The monoisotopic (exact) mass is 262 g/mol. The van der Waals surface area contributed by atoms with Crippen molar-refractivity contribution in [2.45, 2.75) is 42.4 Å². The van der Waals surface area contributed by atoms with Crippen LogP contribution in [0.3, 0.4) is 0 Å². The lowest BCUT2D eigenvalue weighted by atomic mass is 9.94. The van der Waals surface area contributed by atoms with E-state index in [1.807, 2.05) is 16.7 Å². The Kier molecular flexibility index (Phi) is 3.08. The first-order valence-corrected chi connectivity index (χ1v) is 7.34. The van der Waals surface area contributed by atoms with Gasteiger partial charge < -0.3 is 10.6 Å². The fourth-order valence-electron chi connectivity index (χ4n) is 2.67. The number of nitrogens with zero attached hydrogens (tertiary/aromatic N) is 1. The minimum absolute atomic E-state index is 0.138. The lowest BCUT2D eigenvalue weighted by Crippen LogP contribution is -2.38. The van der Waals surface area contributed by atoms with Crippen LogP contribution in [0.25, 0.3) is 0 Å². The number of nitrogens with two attached hydrogens (primary N) is 1. The average molecular weight is 262 g/mol. The second-order valence-corrected chi connectivity index (χ2v) is 6.56. The number of amides is 1. The van der Waals surface area contributed by atoms with Gasteiger partial charge in [0.15, 0.2) is 0 Å². The summed E-state index contributed by atoms with van der Waals surface area (Å²) in [5, 5.41) is 0.684. The highest BCUT2D eigenvalue weighted by atomic mass is 32.2. The van der Waals surface area contributed by atoms with Crippen molar-refractivity contribution in [3.8, 4) is 0 Å². The van der Waals surface area contributed by atoms with Crippen LogP contribution in [0, 0.1) is 0 Å². The van der Waals surface area contributed by atoms with Gasteiger partial charge in [-0.25, -0.2) is 0 Å². The third-order valence-corrected chi connectivity index (χ3v) is 5.00. The van der Waals surface area contributed by atoms with Crippen molar-refractivity contribution in [2.75, 3.05) is 11.4 Å². The summed E-state index contributed by atoms with van der Waals surface area (Å²) in [6.07, 6.45) is 3.23. The van der Waals surface area contributed by atoms with E-state index in [0.29, 0.717) is 11.3 Å². The smallest absolute Gasteiger partial charge is 0.223 e. The summed E-state index contributed by atoms with van der Waals surface area (Å²) in [5.41, 5.74) is 8.21. The van der Waals surface area contributed by atoms with Crippen LogP contribution < -0.4 is 10.6 Å². The molecule has 0 atom stereocenters. The third-order valence-electron chi connectivity index (χ3n) is 3.76. The number of rotatable bonds is 2. The second kappa shape index (κ2) is 4.59. The summed E-state index contributed by atoms with van der Waals surface area (Å²) in [6.45, 7) is 2.46. The molecule has 0 aromatic heterocycles. The van der Waals surface area contributed by atoms with Crippen LogP contribution in [-0.4, -0.2) is 23.7 Å². The Morgan fingerprint density at radius 2 is 2.22 bits per heavy atom. The van der Waals surface area contributed by atoms with Crippen LogP contribution >= 0.6 is 11.8 Å². The zero-order chi connectivity index (χ0) is 12.7. The molecule has 1 heterocycles. The summed E-state index contributed by atoms with van der Waals surface area (Å²) < 4.78 is 0. The quantitative estimate of drug-likeness (QED) is 0.888. The van der Waals surface area contributed by atoms with E-state index >= 15 is 0 Å². The van der Waals surface area contributed by atoms with Gasteiger partial charge in [0.2, 0.25) is 5.91 Å². The van der Waals surface area contributed by atoms with E-state index in [-0.39, 0.29) is 5.91 Å². The standard InChI is InChI=1S/C14H18N2OS/c1-9(17)16-5-4-10-6-12(2-3-14(10)16)18-13-7-11(15)8-13/h2-3,6,11,13H,4-5,7-8,15H2,1H3. The minimum Gasteiger partial charge on any atom is -0.328 e. The molecule has 2 aliphatic rings. The van der Waals surface area contributed by atoms with Gasteiger partial charge in [0.05, 0.1) is 0 Å². The van der Waals surface area contributed by atoms with Crippen LogP contribution in [0.1, 0.15) is 25.3 Å². The van der Waals surface area contributed by atoms with Gasteiger partial charge in [-0.2, -0.15) is 0 Å². The van der Waals surface area contributed by atoms with Crippen molar-refractivity contribution in [3.63, 3.8) is 0 Å². The van der Waals surface area contributed by atoms with Gasteiger partial charge in [0.1, 0.15) is 0 Å². The summed E-state index contributed by atoms with van der Waals surface area (Å²) >= 11 is 1.93. The van der Waals surface area contributed by atoms with Gasteiger partial charge in [0.25, 0.3) is 0 Å². The SMILES string of the molecule is CC(=O)N1CCc2cc(SC3CC(N)C3)ccc21. The molecule has 4 heteroatoms. The Balaban J connectivity index is 1.74. The van der Waals surface area contributed by atoms with Crippen molar-refractivity contribution in [1.82, 2.24) is 0 Å². The van der Waals surface area contributed by atoms with E-state index < -0.39 is 0 Å². The molecule has 1 saturated carbocycles. The van der Waals surface area contributed by atoms with Gasteiger partial charge in [0, 0.05) is 35.3 Å². The molecule has 2 N–H and O–H groups in total. The molecule has 0 radical (unpaired) electrons. The lowest BCUT2D eigenvalue weighted by molar-refractivity contribution is -0.116. The number of anilines is 1. The molecule has 96 valence electrons. The summed E-state index contributed by atoms with van der Waals surface area (Å²) in [5.74, 6) is 0.138. The zero-order valence-electron chi connectivity index (χ0n) is 10.6. The van der Waals surface area contributed by atoms with Gasteiger partial charge in [-0.1, -0.05) is 0 Å². The lowest BCUT2D eigenvalue weighted by Gasteiger charge is -2.31. The maximum atomic E-state index is 11.5. The normalized spacial score (nSPS) is 25.8. The van der Waals surface area contributed by atoms with E-state index in [4.69, 9.17) is 5.73 Å². The first kappa shape index (κ1) is 12.1. The van der Waals surface area contributed by atoms with E-state index in [1.165, 1.54) is 10.5 Å². The first-order valence-electron chi connectivity index (χ1n) is 6.47. The van der Waals surface area contributed by atoms with E-state index in [2.05, 4.69) is 18.2 Å². The summed E-state index contributed by atoms with van der Waals surface area (Å²) in [6, 6.07) is 6.87. The summed E-state index contributed by atoms with van der Waals surface area (Å²) in [7, 11) is 0. The Labute approximate surface area is 112 Å². The maximum absolute atomic E-state index is 11.5. The van der Waals surface area contributed by atoms with Crippen LogP contribution in [0.2, 0.25) is 0 Å². The van der Waals surface area contributed by atoms with Crippen molar-refractivity contribution in [1.29, 1.82) is 0 Å². The number of benzene rings is 1. The molecule has 0 bridgehead atoms. The van der Waals surface area contributed by atoms with Crippen LogP contribution in [0.15, 0.2) is 23.1 Å². The molecule has 1 aromatic rings. The summed E-state index contributed by atoms with van der Waals surface area (Å²) in [4.78, 5) is 14.6. The molecule has 1 aliphatic heterocycles. The van der Waals surface area contributed by atoms with Crippen LogP contribution in [0.5, 0.6) is 0 Å². The van der Waals surface area contributed by atoms with Gasteiger partial charge in [-0.05, 0) is 43.0 Å². The molecule has 1 fully saturated rings. The van der Waals surface area contributed by atoms with E-state index in [1.54, 1.807) is 6.92 Å². The van der Waals surface area contributed by atoms with Crippen molar-refractivity contribution in [3.05, 3.63) is 23.8 Å². The molecule has 1 aromatic carbocycles. The molecule has 1 amide bonds. The van der Waals surface area contributed by atoms with Crippen molar-refractivity contribution in [2.24, 2.45) is 5.73 Å². The number of hydrogen-bond donors (Lipinski definition) is 1. The molecular formula is C14H18N2OS. The highest BCUT2D eigenvalue weighted by Gasteiger charge is 2.27. The number of fused-ring (bicyclic) bond motifs is 1. The number of carbonyl (C=O) groups excluding carboxylic acids is 1. The highest BCUT2D eigenvalue weighted by Crippen LogP contribution is 2.38. The fraction of sp³-hybridized carbons (Fsp3) is 0.500. The Hall–Kier alpha value is -1.00. The van der Waals surface area contributed by atoms with E-state index in [0.717, 1.165) is 31.5 Å². The molecule has 0 spiro atoms. The predicted molar refractivity (Wildman–Crippen MR) is 75.0 cm³/mol. The number of carbonyl (C=O) groups is 1. The minimum atomic E-state index is 0.138. The molecule has 0 unspecified atom stereocenters. The van der Waals surface area contributed by atoms with Crippen LogP contribution in [0.4, 0.5) is 5.69 Å². The fourth-order valence-corrected chi connectivity index (χ4v) is 4.10. The third kappa shape index (κ3) is 2.15. The second-order valence-electron chi connectivity index (χ2n) is 5.18. The van der Waals surface area contributed by atoms with Crippen LogP contribution in [-0.2, 0) is 11.2 Å². The zero-order valence-corrected chi connectivity index (χ0v) is 11.4. The number of hydrogen-bond acceptors (Lipinski definition) is 3. The highest BCUT2D eigenvalue weighted by molar-refractivity contribution is 8.00. The molecule has 1 aliphatic carbocycles. The van der Waals surface area contributed by atoms with Crippen molar-refractivity contribution < 1.29 is 4.79 Å². The molecule has 3 nitrogen and oxygen atoms in total. The Bertz CT molecular complexity index is 483. The molecule has 18 heavy (non-hydrogen) atoms. The molecule has 3 rings (SSSR count). The Morgan fingerprint density at radius 1 is 1.44 bits per heavy atom. The predicted octanol–water partition coefficient (Wildman–Crippen LogP) is 2.18. The maximum Gasteiger partial charge on any atom is 0.223 e. The number of thioether (sulfide) groups is 1. The Morgan fingerprint density at radius 3 is 2.89 bits per heavy atom. The topological polar surface area (TPSA) is 46.3 Å². The first-order chi connectivity index (χ1) is 8.63. The van der Waals surface area contributed by atoms with Gasteiger partial charge in [-0.15, -0.1) is 11.8 Å². The van der Waals surface area contributed by atoms with Gasteiger partial charge >= 0.3 is 0 Å².